The molecule has 1 amide bonds. The number of ether oxygens (including phenoxy) is 1. The van der Waals surface area contributed by atoms with Gasteiger partial charge < -0.3 is 10.1 Å². The number of hydrogen-bond donors (Lipinski definition) is 1. The summed E-state index contributed by atoms with van der Waals surface area (Å²) in [6.45, 7) is 0.690. The minimum absolute atomic E-state index is 0.0597. The van der Waals surface area contributed by atoms with Crippen LogP contribution in [0.1, 0.15) is 55.3 Å². The smallest absolute Gasteiger partial charge is 0.371 e. The minimum atomic E-state index is -4.87. The van der Waals surface area contributed by atoms with Crippen LogP contribution < -0.4 is 5.32 Å². The second-order valence-electron chi connectivity index (χ2n) is 5.81. The highest BCUT2D eigenvalue weighted by Gasteiger charge is 2.47. The molecular formula is C14H17F3N2O2S. The average Bonchev–Trinajstić information content (AvgIpc) is 3.19. The summed E-state index contributed by atoms with van der Waals surface area (Å²) in [5, 5.41) is 4.75. The quantitative estimate of drug-likeness (QED) is 0.921. The van der Waals surface area contributed by atoms with Crippen LogP contribution in [0.4, 0.5) is 13.2 Å². The molecule has 2 fully saturated rings. The maximum Gasteiger partial charge on any atom is 0.471 e. The molecule has 0 radical (unpaired) electrons. The van der Waals surface area contributed by atoms with Crippen LogP contribution in [0.3, 0.4) is 0 Å². The highest BCUT2D eigenvalue weighted by atomic mass is 32.1. The summed E-state index contributed by atoms with van der Waals surface area (Å²) in [7, 11) is 0. The normalized spacial score (nSPS) is 24.6. The zero-order valence-corrected chi connectivity index (χ0v) is 12.7. The maximum atomic E-state index is 12.6. The van der Waals surface area contributed by atoms with E-state index in [0.717, 1.165) is 30.7 Å². The molecule has 0 bridgehead atoms. The molecule has 122 valence electrons. The lowest BCUT2D eigenvalue weighted by atomic mass is 9.94. The van der Waals surface area contributed by atoms with Crippen LogP contribution in [0.2, 0.25) is 0 Å². The third kappa shape index (κ3) is 2.99. The Balaban J connectivity index is 1.83. The first kappa shape index (κ1) is 15.7. The van der Waals surface area contributed by atoms with Crippen molar-refractivity contribution in [3.8, 4) is 0 Å². The second-order valence-corrected chi connectivity index (χ2v) is 6.70. The number of hydrogen-bond acceptors (Lipinski definition) is 4. The van der Waals surface area contributed by atoms with Gasteiger partial charge in [-0.3, -0.25) is 4.79 Å². The molecule has 22 heavy (non-hydrogen) atoms. The van der Waals surface area contributed by atoms with Crippen molar-refractivity contribution in [3.05, 3.63) is 16.1 Å². The Labute approximate surface area is 130 Å². The van der Waals surface area contributed by atoms with Crippen molar-refractivity contribution in [2.75, 3.05) is 6.61 Å². The van der Waals surface area contributed by atoms with E-state index in [1.807, 2.05) is 0 Å². The van der Waals surface area contributed by atoms with Crippen molar-refractivity contribution in [3.63, 3.8) is 0 Å². The van der Waals surface area contributed by atoms with Crippen LogP contribution >= 0.6 is 11.3 Å². The van der Waals surface area contributed by atoms with Gasteiger partial charge in [0, 0.05) is 12.0 Å². The Hall–Kier alpha value is -1.15. The molecule has 1 aromatic heterocycles. The summed E-state index contributed by atoms with van der Waals surface area (Å²) < 4.78 is 43.3. The molecular weight excluding hydrogens is 317 g/mol. The Kier molecular flexibility index (Phi) is 4.15. The first-order valence-corrected chi connectivity index (χ1v) is 8.25. The molecule has 1 saturated heterocycles. The Bertz CT molecular complexity index is 547. The van der Waals surface area contributed by atoms with Gasteiger partial charge in [-0.25, -0.2) is 4.98 Å². The first-order chi connectivity index (χ1) is 10.4. The van der Waals surface area contributed by atoms with Gasteiger partial charge in [0.2, 0.25) is 0 Å². The van der Waals surface area contributed by atoms with E-state index in [0.29, 0.717) is 25.1 Å². The number of alkyl halides is 3. The predicted molar refractivity (Wildman–Crippen MR) is 74.4 cm³/mol. The number of carbonyl (C=O) groups is 1. The van der Waals surface area contributed by atoms with E-state index in [-0.39, 0.29) is 6.10 Å². The van der Waals surface area contributed by atoms with Crippen molar-refractivity contribution in [2.24, 2.45) is 0 Å². The van der Waals surface area contributed by atoms with E-state index < -0.39 is 17.6 Å². The van der Waals surface area contributed by atoms with Gasteiger partial charge in [-0.05, 0) is 25.7 Å². The minimum Gasteiger partial charge on any atom is -0.371 e. The number of carbonyl (C=O) groups excluding carboxylic acids is 1. The van der Waals surface area contributed by atoms with Gasteiger partial charge in [0.25, 0.3) is 0 Å². The van der Waals surface area contributed by atoms with E-state index in [1.165, 1.54) is 11.3 Å². The third-order valence-electron chi connectivity index (χ3n) is 4.28. The van der Waals surface area contributed by atoms with Gasteiger partial charge in [0.1, 0.15) is 11.1 Å². The van der Waals surface area contributed by atoms with Crippen molar-refractivity contribution in [1.82, 2.24) is 10.3 Å². The zero-order valence-electron chi connectivity index (χ0n) is 11.9. The molecule has 0 unspecified atom stereocenters. The molecule has 1 N–H and O–H groups in total. The first-order valence-electron chi connectivity index (χ1n) is 7.38. The lowest BCUT2D eigenvalue weighted by molar-refractivity contribution is -0.176. The molecule has 8 heteroatoms. The molecule has 0 spiro atoms. The standard InChI is InChI=1S/C14H17F3N2O2S/c15-14(16,17)12(20)19-13(5-1-2-6-13)10-8-22-11(18-10)9-4-3-7-21-9/h8-9H,1-7H2,(H,19,20)/t9-/m0/s1. The van der Waals surface area contributed by atoms with Gasteiger partial charge in [-0.15, -0.1) is 11.3 Å². The molecule has 1 aliphatic carbocycles. The van der Waals surface area contributed by atoms with Crippen LogP contribution in [0.15, 0.2) is 5.38 Å². The number of aromatic nitrogens is 1. The summed E-state index contributed by atoms with van der Waals surface area (Å²) in [5.74, 6) is -1.89. The summed E-state index contributed by atoms with van der Waals surface area (Å²) in [4.78, 5) is 15.9. The van der Waals surface area contributed by atoms with Crippen LogP contribution in [0.5, 0.6) is 0 Å². The third-order valence-corrected chi connectivity index (χ3v) is 5.22. The van der Waals surface area contributed by atoms with Crippen molar-refractivity contribution < 1.29 is 22.7 Å². The van der Waals surface area contributed by atoms with Crippen LogP contribution in [0, 0.1) is 0 Å². The molecule has 1 aliphatic heterocycles. The maximum absolute atomic E-state index is 12.6. The molecule has 1 atom stereocenters. The van der Waals surface area contributed by atoms with E-state index >= 15 is 0 Å². The summed E-state index contributed by atoms with van der Waals surface area (Å²) >= 11 is 1.40. The summed E-state index contributed by atoms with van der Waals surface area (Å²) in [6.07, 6.45) is -0.536. The molecule has 1 aromatic rings. The van der Waals surface area contributed by atoms with Crippen molar-refractivity contribution in [1.29, 1.82) is 0 Å². The van der Waals surface area contributed by atoms with Crippen LogP contribution in [-0.4, -0.2) is 23.7 Å². The number of amides is 1. The SMILES string of the molecule is O=C(NC1(c2csc([C@@H]3CCCO3)n2)CCCC1)C(F)(F)F. The van der Waals surface area contributed by atoms with E-state index in [2.05, 4.69) is 10.3 Å². The van der Waals surface area contributed by atoms with Crippen molar-refractivity contribution in [2.45, 2.75) is 56.3 Å². The van der Waals surface area contributed by atoms with E-state index in [9.17, 15) is 18.0 Å². The Morgan fingerprint density at radius 2 is 2.09 bits per heavy atom. The number of nitrogens with zero attached hydrogens (tertiary/aromatic N) is 1. The van der Waals surface area contributed by atoms with E-state index in [4.69, 9.17) is 4.74 Å². The summed E-state index contributed by atoms with van der Waals surface area (Å²) in [6, 6.07) is 0. The lowest BCUT2D eigenvalue weighted by Gasteiger charge is -2.29. The summed E-state index contributed by atoms with van der Waals surface area (Å²) in [5.41, 5.74) is -0.446. The largest absolute Gasteiger partial charge is 0.471 e. The fourth-order valence-corrected chi connectivity index (χ4v) is 4.14. The van der Waals surface area contributed by atoms with Gasteiger partial charge in [-0.1, -0.05) is 12.8 Å². The van der Waals surface area contributed by atoms with E-state index in [1.54, 1.807) is 5.38 Å². The van der Waals surface area contributed by atoms with Gasteiger partial charge in [0.05, 0.1) is 11.2 Å². The Morgan fingerprint density at radius 3 is 2.68 bits per heavy atom. The van der Waals surface area contributed by atoms with Gasteiger partial charge in [0.15, 0.2) is 0 Å². The fourth-order valence-electron chi connectivity index (χ4n) is 3.14. The topological polar surface area (TPSA) is 51.2 Å². The molecule has 4 nitrogen and oxygen atoms in total. The van der Waals surface area contributed by atoms with Crippen LogP contribution in [-0.2, 0) is 15.1 Å². The molecule has 3 rings (SSSR count). The zero-order chi connectivity index (χ0) is 15.8. The molecule has 2 heterocycles. The van der Waals surface area contributed by atoms with Crippen molar-refractivity contribution >= 4 is 17.2 Å². The van der Waals surface area contributed by atoms with Gasteiger partial charge in [-0.2, -0.15) is 13.2 Å². The predicted octanol–water partition coefficient (Wildman–Crippen LogP) is 3.44. The number of nitrogens with one attached hydrogen (secondary N) is 1. The molecule has 0 aromatic carbocycles. The molecule has 1 saturated carbocycles. The number of halogens is 3. The Morgan fingerprint density at radius 1 is 1.36 bits per heavy atom. The number of thiazole rings is 1. The van der Waals surface area contributed by atoms with Gasteiger partial charge >= 0.3 is 12.1 Å². The fraction of sp³-hybridized carbons (Fsp3) is 0.714. The second kappa shape index (κ2) is 5.81. The highest BCUT2D eigenvalue weighted by molar-refractivity contribution is 7.09. The molecule has 2 aliphatic rings. The monoisotopic (exact) mass is 334 g/mol. The van der Waals surface area contributed by atoms with Crippen LogP contribution in [0.25, 0.3) is 0 Å². The number of rotatable bonds is 3. The lowest BCUT2D eigenvalue weighted by Crippen LogP contribution is -2.49. The average molecular weight is 334 g/mol. The highest BCUT2D eigenvalue weighted by Crippen LogP contribution is 2.41.